The van der Waals surface area contributed by atoms with Crippen LogP contribution in [0.2, 0.25) is 0 Å². The summed E-state index contributed by atoms with van der Waals surface area (Å²) in [6.07, 6.45) is 5.82. The topological polar surface area (TPSA) is 82.2 Å². The van der Waals surface area contributed by atoms with E-state index in [1.165, 1.54) is 0 Å². The first-order valence-corrected chi connectivity index (χ1v) is 6.23. The van der Waals surface area contributed by atoms with Crippen molar-refractivity contribution in [2.45, 2.75) is 37.8 Å². The van der Waals surface area contributed by atoms with E-state index in [2.05, 4.69) is 10.4 Å². The van der Waals surface area contributed by atoms with Crippen LogP contribution in [0.15, 0.2) is 6.20 Å². The lowest BCUT2D eigenvalue weighted by molar-refractivity contribution is 0.0598. The number of ether oxygens (including phenoxy) is 1. The molecular weight excluding hydrogens is 232 g/mol. The third-order valence-electron chi connectivity index (χ3n) is 3.41. The fourth-order valence-corrected chi connectivity index (χ4v) is 2.38. The van der Waals surface area contributed by atoms with Crippen molar-refractivity contribution in [1.29, 1.82) is 0 Å². The summed E-state index contributed by atoms with van der Waals surface area (Å²) in [6, 6.07) is 0.199. The van der Waals surface area contributed by atoms with Crippen molar-refractivity contribution in [2.75, 3.05) is 12.8 Å². The van der Waals surface area contributed by atoms with Gasteiger partial charge >= 0.3 is 0 Å². The SMILES string of the molecule is CO[C@H]1CC[C@H](NC(=O)c2nn(C)cc2N)CC1. The van der Waals surface area contributed by atoms with E-state index < -0.39 is 0 Å². The predicted octanol–water partition coefficient (Wildman–Crippen LogP) is 0.690. The molecule has 0 spiro atoms. The number of hydrogen-bond acceptors (Lipinski definition) is 4. The second kappa shape index (κ2) is 5.39. The molecule has 0 saturated heterocycles. The quantitative estimate of drug-likeness (QED) is 0.829. The number of rotatable bonds is 3. The molecule has 100 valence electrons. The number of aryl methyl sites for hydroxylation is 1. The van der Waals surface area contributed by atoms with Crippen molar-refractivity contribution in [3.8, 4) is 0 Å². The zero-order valence-corrected chi connectivity index (χ0v) is 10.8. The molecule has 0 bridgehead atoms. The fraction of sp³-hybridized carbons (Fsp3) is 0.667. The van der Waals surface area contributed by atoms with Crippen LogP contribution in [0.3, 0.4) is 0 Å². The zero-order valence-electron chi connectivity index (χ0n) is 10.8. The van der Waals surface area contributed by atoms with Crippen molar-refractivity contribution >= 4 is 11.6 Å². The van der Waals surface area contributed by atoms with E-state index in [4.69, 9.17) is 10.5 Å². The summed E-state index contributed by atoms with van der Waals surface area (Å²) in [5, 5.41) is 7.05. The Morgan fingerprint density at radius 1 is 1.50 bits per heavy atom. The van der Waals surface area contributed by atoms with Crippen LogP contribution in [0.25, 0.3) is 0 Å². The molecule has 1 aliphatic carbocycles. The molecule has 1 amide bonds. The van der Waals surface area contributed by atoms with E-state index in [1.54, 1.807) is 25.0 Å². The molecule has 1 aliphatic rings. The molecule has 3 N–H and O–H groups in total. The summed E-state index contributed by atoms with van der Waals surface area (Å²) in [7, 11) is 3.48. The van der Waals surface area contributed by atoms with Gasteiger partial charge in [0.2, 0.25) is 0 Å². The van der Waals surface area contributed by atoms with E-state index in [1.807, 2.05) is 0 Å². The van der Waals surface area contributed by atoms with Gasteiger partial charge in [0.25, 0.3) is 5.91 Å². The number of methoxy groups -OCH3 is 1. The Morgan fingerprint density at radius 2 is 2.17 bits per heavy atom. The minimum absolute atomic E-state index is 0.186. The molecule has 6 heteroatoms. The summed E-state index contributed by atoms with van der Waals surface area (Å²) in [6.45, 7) is 0. The van der Waals surface area contributed by atoms with Gasteiger partial charge in [0.05, 0.1) is 11.8 Å². The highest BCUT2D eigenvalue weighted by atomic mass is 16.5. The van der Waals surface area contributed by atoms with Crippen LogP contribution in [0.4, 0.5) is 5.69 Å². The average Bonchev–Trinajstić information content (AvgIpc) is 2.69. The second-order valence-electron chi connectivity index (χ2n) is 4.79. The molecule has 0 aliphatic heterocycles. The minimum atomic E-state index is -0.186. The number of amides is 1. The Labute approximate surface area is 106 Å². The summed E-state index contributed by atoms with van der Waals surface area (Å²) >= 11 is 0. The van der Waals surface area contributed by atoms with Crippen LogP contribution in [-0.2, 0) is 11.8 Å². The first-order chi connectivity index (χ1) is 8.60. The van der Waals surface area contributed by atoms with Gasteiger partial charge in [-0.1, -0.05) is 0 Å². The molecule has 6 nitrogen and oxygen atoms in total. The lowest BCUT2D eigenvalue weighted by Gasteiger charge is -2.27. The molecule has 2 rings (SSSR count). The lowest BCUT2D eigenvalue weighted by Crippen LogP contribution is -2.39. The highest BCUT2D eigenvalue weighted by Crippen LogP contribution is 2.21. The number of nitrogens with zero attached hydrogens (tertiary/aromatic N) is 2. The third kappa shape index (κ3) is 2.81. The van der Waals surface area contributed by atoms with Gasteiger partial charge in [-0.05, 0) is 25.7 Å². The molecule has 0 unspecified atom stereocenters. The van der Waals surface area contributed by atoms with Gasteiger partial charge in [0.15, 0.2) is 5.69 Å². The number of hydrogen-bond donors (Lipinski definition) is 2. The number of carbonyl (C=O) groups is 1. The van der Waals surface area contributed by atoms with Crippen molar-refractivity contribution in [1.82, 2.24) is 15.1 Å². The summed E-state index contributed by atoms with van der Waals surface area (Å²) in [5.74, 6) is -0.186. The molecular formula is C12H20N4O2. The molecule has 0 atom stereocenters. The number of nitrogen functional groups attached to an aromatic ring is 1. The molecule has 1 saturated carbocycles. The zero-order chi connectivity index (χ0) is 13.1. The Balaban J connectivity index is 1.90. The fourth-order valence-electron chi connectivity index (χ4n) is 2.38. The van der Waals surface area contributed by atoms with Gasteiger partial charge in [-0.3, -0.25) is 9.48 Å². The predicted molar refractivity (Wildman–Crippen MR) is 68.1 cm³/mol. The summed E-state index contributed by atoms with van der Waals surface area (Å²) < 4.78 is 6.85. The Hall–Kier alpha value is -1.56. The summed E-state index contributed by atoms with van der Waals surface area (Å²) in [5.41, 5.74) is 6.46. The number of anilines is 1. The van der Waals surface area contributed by atoms with Crippen LogP contribution < -0.4 is 11.1 Å². The van der Waals surface area contributed by atoms with Crippen LogP contribution in [0.1, 0.15) is 36.2 Å². The van der Waals surface area contributed by atoms with Crippen molar-refractivity contribution in [3.05, 3.63) is 11.9 Å². The van der Waals surface area contributed by atoms with Crippen LogP contribution >= 0.6 is 0 Å². The highest BCUT2D eigenvalue weighted by molar-refractivity contribution is 5.97. The molecule has 1 aromatic rings. The first kappa shape index (κ1) is 12.9. The molecule has 0 radical (unpaired) electrons. The van der Waals surface area contributed by atoms with Crippen LogP contribution in [-0.4, -0.2) is 34.9 Å². The minimum Gasteiger partial charge on any atom is -0.396 e. The van der Waals surface area contributed by atoms with Gasteiger partial charge < -0.3 is 15.8 Å². The van der Waals surface area contributed by atoms with Crippen molar-refractivity contribution < 1.29 is 9.53 Å². The monoisotopic (exact) mass is 252 g/mol. The standard InChI is InChI=1S/C12H20N4O2/c1-16-7-10(13)11(15-16)12(17)14-8-3-5-9(18-2)6-4-8/h7-9H,3-6,13H2,1-2H3,(H,14,17)/t8-,9-. The molecule has 18 heavy (non-hydrogen) atoms. The molecule has 1 aromatic heterocycles. The van der Waals surface area contributed by atoms with Gasteiger partial charge in [-0.25, -0.2) is 0 Å². The van der Waals surface area contributed by atoms with E-state index in [-0.39, 0.29) is 11.9 Å². The van der Waals surface area contributed by atoms with Crippen molar-refractivity contribution in [2.24, 2.45) is 7.05 Å². The Bertz CT molecular complexity index is 422. The van der Waals surface area contributed by atoms with Gasteiger partial charge in [0.1, 0.15) is 0 Å². The average molecular weight is 252 g/mol. The van der Waals surface area contributed by atoms with Crippen LogP contribution in [0.5, 0.6) is 0 Å². The maximum Gasteiger partial charge on any atom is 0.274 e. The van der Waals surface area contributed by atoms with E-state index in [9.17, 15) is 4.79 Å². The smallest absolute Gasteiger partial charge is 0.274 e. The van der Waals surface area contributed by atoms with E-state index >= 15 is 0 Å². The normalized spacial score (nSPS) is 23.9. The van der Waals surface area contributed by atoms with Crippen LogP contribution in [0, 0.1) is 0 Å². The van der Waals surface area contributed by atoms with Crippen molar-refractivity contribution in [3.63, 3.8) is 0 Å². The highest BCUT2D eigenvalue weighted by Gasteiger charge is 2.24. The lowest BCUT2D eigenvalue weighted by atomic mass is 9.93. The maximum absolute atomic E-state index is 12.0. The first-order valence-electron chi connectivity index (χ1n) is 6.23. The Morgan fingerprint density at radius 3 is 2.67 bits per heavy atom. The van der Waals surface area contributed by atoms with Gasteiger partial charge in [-0.2, -0.15) is 5.10 Å². The number of aromatic nitrogens is 2. The number of nitrogens with one attached hydrogen (secondary N) is 1. The molecule has 0 aromatic carbocycles. The Kier molecular flexibility index (Phi) is 3.86. The maximum atomic E-state index is 12.0. The van der Waals surface area contributed by atoms with Gasteiger partial charge in [0, 0.05) is 26.4 Å². The summed E-state index contributed by atoms with van der Waals surface area (Å²) in [4.78, 5) is 12.0. The number of carbonyl (C=O) groups excluding carboxylic acids is 1. The van der Waals surface area contributed by atoms with Gasteiger partial charge in [-0.15, -0.1) is 0 Å². The molecule has 1 heterocycles. The van der Waals surface area contributed by atoms with E-state index in [0.29, 0.717) is 17.5 Å². The second-order valence-corrected chi connectivity index (χ2v) is 4.79. The third-order valence-corrected chi connectivity index (χ3v) is 3.41. The number of nitrogens with two attached hydrogens (primary N) is 1. The van der Waals surface area contributed by atoms with E-state index in [0.717, 1.165) is 25.7 Å². The molecule has 1 fully saturated rings. The largest absolute Gasteiger partial charge is 0.396 e.